The van der Waals surface area contributed by atoms with Crippen LogP contribution in [-0.4, -0.2) is 35.3 Å². The van der Waals surface area contributed by atoms with Gasteiger partial charge in [0.15, 0.2) is 0 Å². The minimum absolute atomic E-state index is 0.164. The topological polar surface area (TPSA) is 89.1 Å². The lowest BCUT2D eigenvalue weighted by atomic mass is 10.2. The number of carbonyl (C=O) groups is 1. The Kier molecular flexibility index (Phi) is 4.33. The van der Waals surface area contributed by atoms with E-state index in [0.717, 1.165) is 11.3 Å². The van der Waals surface area contributed by atoms with Gasteiger partial charge in [-0.2, -0.15) is 4.98 Å². The molecule has 7 nitrogen and oxygen atoms in total. The Morgan fingerprint density at radius 3 is 2.90 bits per heavy atom. The highest BCUT2D eigenvalue weighted by Crippen LogP contribution is 2.13. The van der Waals surface area contributed by atoms with Crippen LogP contribution < -0.4 is 14.8 Å². The van der Waals surface area contributed by atoms with Crippen molar-refractivity contribution in [3.63, 3.8) is 0 Å². The number of anilines is 1. The number of aromatic nitrogens is 3. The third-order valence-corrected chi connectivity index (χ3v) is 2.41. The molecule has 0 atom stereocenters. The van der Waals surface area contributed by atoms with E-state index in [9.17, 15) is 4.79 Å². The third kappa shape index (κ3) is 3.58. The molecule has 0 aliphatic rings. The van der Waals surface area contributed by atoms with E-state index in [2.05, 4.69) is 20.5 Å². The molecule has 0 fully saturated rings. The van der Waals surface area contributed by atoms with Crippen LogP contribution in [0.2, 0.25) is 0 Å². The maximum absolute atomic E-state index is 11.7. The average Bonchev–Trinajstić information content (AvgIpc) is 2.93. The maximum Gasteiger partial charge on any atom is 0.336 e. The summed E-state index contributed by atoms with van der Waals surface area (Å²) in [6, 6.07) is 7.53. The number of rotatable bonds is 5. The molecule has 2 aromatic rings. The van der Waals surface area contributed by atoms with Crippen molar-refractivity contribution < 1.29 is 14.3 Å². The van der Waals surface area contributed by atoms with Gasteiger partial charge < -0.3 is 9.47 Å². The largest absolute Gasteiger partial charge is 0.497 e. The van der Waals surface area contributed by atoms with Gasteiger partial charge in [-0.25, -0.2) is 5.10 Å². The van der Waals surface area contributed by atoms with Gasteiger partial charge in [0.25, 0.3) is 5.91 Å². The lowest BCUT2D eigenvalue weighted by Crippen LogP contribution is -2.09. The number of ether oxygens (including phenoxy) is 2. The zero-order chi connectivity index (χ0) is 14.4. The van der Waals surface area contributed by atoms with E-state index >= 15 is 0 Å². The summed E-state index contributed by atoms with van der Waals surface area (Å²) in [4.78, 5) is 15.6. The molecule has 2 N–H and O–H groups in total. The maximum atomic E-state index is 11.7. The fraction of sp³-hybridized carbons (Fsp3) is 0.154. The quantitative estimate of drug-likeness (QED) is 0.806. The number of H-pyrrole nitrogens is 1. The first-order valence-corrected chi connectivity index (χ1v) is 5.81. The first-order chi connectivity index (χ1) is 9.71. The minimum atomic E-state index is -0.327. The van der Waals surface area contributed by atoms with Gasteiger partial charge in [-0.3, -0.25) is 10.1 Å². The number of aromatic amines is 1. The van der Waals surface area contributed by atoms with Crippen molar-refractivity contribution in [1.29, 1.82) is 0 Å². The molecule has 0 saturated heterocycles. The molecule has 0 spiro atoms. The van der Waals surface area contributed by atoms with Crippen LogP contribution in [0.5, 0.6) is 11.8 Å². The van der Waals surface area contributed by atoms with Gasteiger partial charge in [-0.1, -0.05) is 12.1 Å². The molecule has 1 amide bonds. The second-order valence-corrected chi connectivity index (χ2v) is 3.77. The molecule has 1 aromatic carbocycles. The Morgan fingerprint density at radius 1 is 1.35 bits per heavy atom. The Labute approximate surface area is 115 Å². The summed E-state index contributed by atoms with van der Waals surface area (Å²) in [6.45, 7) is 0. The number of amides is 1. The van der Waals surface area contributed by atoms with E-state index in [4.69, 9.17) is 9.47 Å². The average molecular weight is 274 g/mol. The Bertz CT molecular complexity index is 622. The standard InChI is InChI=1S/C13H14N4O3/c1-19-10-5-3-4-9(8-10)6-7-11(18)14-12-15-13(20-2)17-16-12/h3-8H,1-2H3,(H2,14,15,16,17,18)/b7-6+. The number of nitrogens with zero attached hydrogens (tertiary/aromatic N) is 2. The molecule has 0 unspecified atom stereocenters. The van der Waals surface area contributed by atoms with Crippen molar-refractivity contribution in [3.8, 4) is 11.8 Å². The van der Waals surface area contributed by atoms with Crippen LogP contribution in [0.3, 0.4) is 0 Å². The molecule has 0 bridgehead atoms. The molecule has 1 heterocycles. The van der Waals surface area contributed by atoms with Gasteiger partial charge in [0.05, 0.1) is 14.2 Å². The van der Waals surface area contributed by atoms with Crippen LogP contribution in [0.4, 0.5) is 5.95 Å². The van der Waals surface area contributed by atoms with E-state index in [1.54, 1.807) is 13.2 Å². The lowest BCUT2D eigenvalue weighted by Gasteiger charge is -2.00. The Hall–Kier alpha value is -2.83. The van der Waals surface area contributed by atoms with Crippen LogP contribution in [0.15, 0.2) is 30.3 Å². The predicted octanol–water partition coefficient (Wildman–Crippen LogP) is 1.47. The minimum Gasteiger partial charge on any atom is -0.497 e. The molecular weight excluding hydrogens is 260 g/mol. The van der Waals surface area contributed by atoms with Gasteiger partial charge in [-0.05, 0) is 23.8 Å². The summed E-state index contributed by atoms with van der Waals surface area (Å²) in [5, 5.41) is 8.78. The molecule has 0 aliphatic heterocycles. The van der Waals surface area contributed by atoms with E-state index in [0.29, 0.717) is 0 Å². The van der Waals surface area contributed by atoms with Gasteiger partial charge in [0.2, 0.25) is 5.95 Å². The summed E-state index contributed by atoms with van der Waals surface area (Å²) in [5.74, 6) is 0.626. The second-order valence-electron chi connectivity index (χ2n) is 3.77. The van der Waals surface area contributed by atoms with Crippen molar-refractivity contribution in [1.82, 2.24) is 15.2 Å². The van der Waals surface area contributed by atoms with Crippen LogP contribution in [0.25, 0.3) is 6.08 Å². The Morgan fingerprint density at radius 2 is 2.20 bits per heavy atom. The zero-order valence-corrected chi connectivity index (χ0v) is 11.1. The molecule has 1 aromatic heterocycles. The van der Waals surface area contributed by atoms with Gasteiger partial charge >= 0.3 is 6.01 Å². The summed E-state index contributed by atoms with van der Waals surface area (Å²) < 4.78 is 9.90. The summed E-state index contributed by atoms with van der Waals surface area (Å²) in [5.41, 5.74) is 0.856. The van der Waals surface area contributed by atoms with Crippen LogP contribution >= 0.6 is 0 Å². The van der Waals surface area contributed by atoms with Crippen molar-refractivity contribution in [2.24, 2.45) is 0 Å². The number of nitrogens with one attached hydrogen (secondary N) is 2. The zero-order valence-electron chi connectivity index (χ0n) is 11.1. The first-order valence-electron chi connectivity index (χ1n) is 5.81. The van der Waals surface area contributed by atoms with Crippen molar-refractivity contribution in [2.75, 3.05) is 19.5 Å². The summed E-state index contributed by atoms with van der Waals surface area (Å²) in [6.07, 6.45) is 3.06. The second kappa shape index (κ2) is 6.37. The number of methoxy groups -OCH3 is 2. The Balaban J connectivity index is 1.97. The molecule has 2 rings (SSSR count). The SMILES string of the molecule is COc1cccc(/C=C/C(=O)Nc2nc(OC)n[nH]2)c1. The van der Waals surface area contributed by atoms with E-state index in [-0.39, 0.29) is 17.9 Å². The third-order valence-electron chi connectivity index (χ3n) is 2.41. The molecule has 104 valence electrons. The van der Waals surface area contributed by atoms with E-state index in [1.165, 1.54) is 13.2 Å². The number of carbonyl (C=O) groups excluding carboxylic acids is 1. The predicted molar refractivity (Wildman–Crippen MR) is 73.6 cm³/mol. The van der Waals surface area contributed by atoms with Crippen molar-refractivity contribution in [2.45, 2.75) is 0 Å². The van der Waals surface area contributed by atoms with Gasteiger partial charge in [0.1, 0.15) is 5.75 Å². The monoisotopic (exact) mass is 274 g/mol. The number of hydrogen-bond acceptors (Lipinski definition) is 5. The van der Waals surface area contributed by atoms with Crippen LogP contribution in [0.1, 0.15) is 5.56 Å². The van der Waals surface area contributed by atoms with E-state index in [1.807, 2.05) is 24.3 Å². The molecular formula is C13H14N4O3. The normalized spacial score (nSPS) is 10.5. The van der Waals surface area contributed by atoms with Crippen molar-refractivity contribution in [3.05, 3.63) is 35.9 Å². The molecule has 0 radical (unpaired) electrons. The number of hydrogen-bond donors (Lipinski definition) is 2. The lowest BCUT2D eigenvalue weighted by molar-refractivity contribution is -0.111. The molecule has 20 heavy (non-hydrogen) atoms. The fourth-order valence-corrected chi connectivity index (χ4v) is 1.47. The van der Waals surface area contributed by atoms with Crippen LogP contribution in [-0.2, 0) is 4.79 Å². The highest BCUT2D eigenvalue weighted by atomic mass is 16.5. The molecule has 0 aliphatic carbocycles. The highest BCUT2D eigenvalue weighted by molar-refractivity contribution is 6.00. The van der Waals surface area contributed by atoms with E-state index < -0.39 is 0 Å². The highest BCUT2D eigenvalue weighted by Gasteiger charge is 2.04. The fourth-order valence-electron chi connectivity index (χ4n) is 1.47. The van der Waals surface area contributed by atoms with Crippen molar-refractivity contribution >= 4 is 17.9 Å². The van der Waals surface area contributed by atoms with Gasteiger partial charge in [-0.15, -0.1) is 5.10 Å². The van der Waals surface area contributed by atoms with Crippen LogP contribution in [0, 0.1) is 0 Å². The molecule has 7 heteroatoms. The summed E-state index contributed by atoms with van der Waals surface area (Å²) >= 11 is 0. The number of benzene rings is 1. The smallest absolute Gasteiger partial charge is 0.336 e. The first kappa shape index (κ1) is 13.6. The summed E-state index contributed by atoms with van der Waals surface area (Å²) in [7, 11) is 3.03. The molecule has 0 saturated carbocycles. The van der Waals surface area contributed by atoms with Gasteiger partial charge in [0, 0.05) is 6.08 Å².